The number of aryl methyl sites for hydroxylation is 1. The van der Waals surface area contributed by atoms with Gasteiger partial charge in [-0.15, -0.1) is 0 Å². The Balaban J connectivity index is 1.71. The third-order valence-electron chi connectivity index (χ3n) is 7.62. The number of carbonyl (C=O) groups excluding carboxylic acids is 2. The number of hydrogen-bond donors (Lipinski definition) is 1. The maximum absolute atomic E-state index is 14.2. The molecule has 42 heavy (non-hydrogen) atoms. The van der Waals surface area contributed by atoms with Crippen molar-refractivity contribution in [3.63, 3.8) is 0 Å². The summed E-state index contributed by atoms with van der Waals surface area (Å²) in [5, 5.41) is 3.93. The monoisotopic (exact) mass is 629 g/mol. The topological polar surface area (TPSA) is 86.8 Å². The van der Waals surface area contributed by atoms with Gasteiger partial charge in [0, 0.05) is 22.6 Å². The molecule has 0 heterocycles. The average molecular weight is 631 g/mol. The van der Waals surface area contributed by atoms with Crippen molar-refractivity contribution in [2.24, 2.45) is 0 Å². The molecule has 3 aromatic rings. The van der Waals surface area contributed by atoms with E-state index in [4.69, 9.17) is 23.2 Å². The van der Waals surface area contributed by atoms with Crippen molar-refractivity contribution >= 4 is 50.7 Å². The van der Waals surface area contributed by atoms with Gasteiger partial charge in [0.05, 0.1) is 10.6 Å². The van der Waals surface area contributed by atoms with Gasteiger partial charge in [-0.1, -0.05) is 91.3 Å². The van der Waals surface area contributed by atoms with Crippen molar-refractivity contribution in [2.45, 2.75) is 75.9 Å². The lowest BCUT2D eigenvalue weighted by atomic mass is 9.95. The van der Waals surface area contributed by atoms with Gasteiger partial charge in [-0.3, -0.25) is 13.9 Å². The molecule has 1 aliphatic rings. The van der Waals surface area contributed by atoms with Crippen molar-refractivity contribution in [3.05, 3.63) is 94.0 Å². The van der Waals surface area contributed by atoms with E-state index in [1.807, 2.05) is 19.9 Å². The van der Waals surface area contributed by atoms with Crippen LogP contribution in [-0.2, 0) is 26.2 Å². The molecule has 1 fully saturated rings. The van der Waals surface area contributed by atoms with E-state index in [0.717, 1.165) is 42.0 Å². The van der Waals surface area contributed by atoms with Crippen LogP contribution in [0.1, 0.15) is 56.6 Å². The number of amides is 2. The second-order valence-electron chi connectivity index (χ2n) is 10.7. The first-order valence-electron chi connectivity index (χ1n) is 14.3. The molecule has 0 aliphatic heterocycles. The molecule has 7 nitrogen and oxygen atoms in total. The molecule has 1 unspecified atom stereocenters. The van der Waals surface area contributed by atoms with E-state index in [1.54, 1.807) is 48.5 Å². The number of rotatable bonds is 11. The van der Waals surface area contributed by atoms with Crippen LogP contribution < -0.4 is 9.62 Å². The number of hydrogen-bond acceptors (Lipinski definition) is 4. The Labute approximate surface area is 258 Å². The zero-order valence-corrected chi connectivity index (χ0v) is 26.3. The zero-order valence-electron chi connectivity index (χ0n) is 23.9. The van der Waals surface area contributed by atoms with Gasteiger partial charge in [0.25, 0.3) is 10.0 Å². The summed E-state index contributed by atoms with van der Waals surface area (Å²) in [6.07, 6.45) is 5.40. The Morgan fingerprint density at radius 1 is 0.952 bits per heavy atom. The molecular weight excluding hydrogens is 593 g/mol. The fourth-order valence-corrected chi connectivity index (χ4v) is 7.06. The van der Waals surface area contributed by atoms with Crippen molar-refractivity contribution in [1.29, 1.82) is 0 Å². The number of halogens is 2. The first-order valence-corrected chi connectivity index (χ1v) is 16.5. The molecule has 224 valence electrons. The summed E-state index contributed by atoms with van der Waals surface area (Å²) in [5.74, 6) is -0.781. The standard InChI is InChI=1S/C32H37Cl2N3O4S/c1-3-30(32(39)35-26-12-5-4-6-13-26)36(21-24-10-7-8-15-29(24)34)31(38)22-37(27-14-9-11-25(33)20-27)42(40,41)28-18-16-23(2)17-19-28/h7-11,14-20,26,30H,3-6,12-13,21-22H2,1-2H3,(H,35,39). The molecule has 1 saturated carbocycles. The number of carbonyl (C=O) groups is 2. The van der Waals surface area contributed by atoms with E-state index in [0.29, 0.717) is 22.0 Å². The Hall–Kier alpha value is -3.07. The highest BCUT2D eigenvalue weighted by Crippen LogP contribution is 2.28. The lowest BCUT2D eigenvalue weighted by molar-refractivity contribution is -0.140. The lowest BCUT2D eigenvalue weighted by Crippen LogP contribution is -2.54. The van der Waals surface area contributed by atoms with E-state index in [1.165, 1.54) is 23.1 Å². The van der Waals surface area contributed by atoms with Crippen LogP contribution in [0.5, 0.6) is 0 Å². The molecule has 0 radical (unpaired) electrons. The SMILES string of the molecule is CCC(C(=O)NC1CCCCC1)N(Cc1ccccc1Cl)C(=O)CN(c1cccc(Cl)c1)S(=O)(=O)c1ccc(C)cc1. The first-order chi connectivity index (χ1) is 20.1. The molecule has 0 saturated heterocycles. The van der Waals surface area contributed by atoms with Gasteiger partial charge in [-0.2, -0.15) is 0 Å². The summed E-state index contributed by atoms with van der Waals surface area (Å²) in [7, 11) is -4.17. The first kappa shape index (κ1) is 31.9. The molecule has 2 amide bonds. The molecule has 1 N–H and O–H groups in total. The predicted molar refractivity (Wildman–Crippen MR) is 168 cm³/mol. The van der Waals surface area contributed by atoms with Gasteiger partial charge >= 0.3 is 0 Å². The molecule has 10 heteroatoms. The number of anilines is 1. The van der Waals surface area contributed by atoms with Crippen molar-refractivity contribution in [3.8, 4) is 0 Å². The number of nitrogens with zero attached hydrogens (tertiary/aromatic N) is 2. The van der Waals surface area contributed by atoms with E-state index in [9.17, 15) is 18.0 Å². The molecule has 1 atom stereocenters. The highest BCUT2D eigenvalue weighted by molar-refractivity contribution is 7.92. The fourth-order valence-electron chi connectivity index (χ4n) is 5.27. The van der Waals surface area contributed by atoms with Crippen LogP contribution >= 0.6 is 23.2 Å². The Kier molecular flexibility index (Phi) is 10.9. The Morgan fingerprint density at radius 2 is 1.64 bits per heavy atom. The summed E-state index contributed by atoms with van der Waals surface area (Å²) in [4.78, 5) is 29.3. The lowest BCUT2D eigenvalue weighted by Gasteiger charge is -2.34. The minimum absolute atomic E-state index is 0.0422. The summed E-state index contributed by atoms with van der Waals surface area (Å²) >= 11 is 12.7. The van der Waals surface area contributed by atoms with Crippen LogP contribution in [-0.4, -0.2) is 43.8 Å². The van der Waals surface area contributed by atoms with E-state index < -0.39 is 28.5 Å². The molecule has 0 bridgehead atoms. The van der Waals surface area contributed by atoms with Gasteiger partial charge < -0.3 is 10.2 Å². The maximum Gasteiger partial charge on any atom is 0.264 e. The largest absolute Gasteiger partial charge is 0.352 e. The minimum Gasteiger partial charge on any atom is -0.352 e. The molecule has 3 aromatic carbocycles. The number of benzene rings is 3. The average Bonchev–Trinajstić information content (AvgIpc) is 2.97. The number of nitrogens with one attached hydrogen (secondary N) is 1. The second-order valence-corrected chi connectivity index (χ2v) is 13.4. The zero-order chi connectivity index (χ0) is 30.3. The van der Waals surface area contributed by atoms with Gasteiger partial charge in [-0.05, 0) is 68.1 Å². The van der Waals surface area contributed by atoms with Gasteiger partial charge in [0.15, 0.2) is 0 Å². The minimum atomic E-state index is -4.17. The third kappa shape index (κ3) is 7.85. The number of sulfonamides is 1. The quantitative estimate of drug-likeness (QED) is 0.254. The van der Waals surface area contributed by atoms with E-state index in [-0.39, 0.29) is 29.1 Å². The van der Waals surface area contributed by atoms with Crippen molar-refractivity contribution in [1.82, 2.24) is 10.2 Å². The summed E-state index contributed by atoms with van der Waals surface area (Å²) in [6.45, 7) is 3.22. The molecular formula is C32H37Cl2N3O4S. The van der Waals surface area contributed by atoms with E-state index in [2.05, 4.69) is 5.32 Å². The Morgan fingerprint density at radius 3 is 2.29 bits per heavy atom. The maximum atomic E-state index is 14.2. The second kappa shape index (κ2) is 14.4. The van der Waals surface area contributed by atoms with E-state index >= 15 is 0 Å². The molecule has 0 spiro atoms. The van der Waals surface area contributed by atoms with Gasteiger partial charge in [-0.25, -0.2) is 8.42 Å². The Bertz CT molecular complexity index is 1490. The highest BCUT2D eigenvalue weighted by Gasteiger charge is 2.34. The summed E-state index contributed by atoms with van der Waals surface area (Å²) < 4.78 is 29.0. The summed E-state index contributed by atoms with van der Waals surface area (Å²) in [5.41, 5.74) is 1.81. The van der Waals surface area contributed by atoms with Crippen molar-refractivity contribution < 1.29 is 18.0 Å². The normalized spacial score (nSPS) is 14.7. The van der Waals surface area contributed by atoms with Crippen LogP contribution in [0.2, 0.25) is 10.0 Å². The van der Waals surface area contributed by atoms with Gasteiger partial charge in [0.1, 0.15) is 12.6 Å². The van der Waals surface area contributed by atoms with Crippen LogP contribution in [0.25, 0.3) is 0 Å². The predicted octanol–water partition coefficient (Wildman–Crippen LogP) is 6.75. The van der Waals surface area contributed by atoms with Crippen LogP contribution in [0.3, 0.4) is 0 Å². The third-order valence-corrected chi connectivity index (χ3v) is 10.0. The fraction of sp³-hybridized carbons (Fsp3) is 0.375. The summed E-state index contributed by atoms with van der Waals surface area (Å²) in [6, 6.07) is 19.2. The smallest absolute Gasteiger partial charge is 0.264 e. The van der Waals surface area contributed by atoms with Crippen LogP contribution in [0, 0.1) is 6.92 Å². The van der Waals surface area contributed by atoms with Crippen LogP contribution in [0.15, 0.2) is 77.7 Å². The highest BCUT2D eigenvalue weighted by atomic mass is 35.5. The molecule has 4 rings (SSSR count). The molecule has 0 aromatic heterocycles. The molecule has 1 aliphatic carbocycles. The van der Waals surface area contributed by atoms with Crippen LogP contribution in [0.4, 0.5) is 5.69 Å². The van der Waals surface area contributed by atoms with Crippen molar-refractivity contribution in [2.75, 3.05) is 10.8 Å². The van der Waals surface area contributed by atoms with Gasteiger partial charge in [0.2, 0.25) is 11.8 Å².